The van der Waals surface area contributed by atoms with Crippen LogP contribution in [0.25, 0.3) is 0 Å². The molecule has 0 unspecified atom stereocenters. The van der Waals surface area contributed by atoms with E-state index in [9.17, 15) is 14.7 Å². The van der Waals surface area contributed by atoms with E-state index in [0.717, 1.165) is 5.56 Å². The largest absolute Gasteiger partial charge is 0.507 e. The first kappa shape index (κ1) is 13.0. The first-order chi connectivity index (χ1) is 8.04. The monoisotopic (exact) mass is 237 g/mol. The molecule has 1 amide bonds. The third kappa shape index (κ3) is 3.79. The van der Waals surface area contributed by atoms with E-state index in [-0.39, 0.29) is 23.8 Å². The van der Waals surface area contributed by atoms with Crippen molar-refractivity contribution in [2.45, 2.75) is 13.8 Å². The van der Waals surface area contributed by atoms with Crippen LogP contribution in [0.5, 0.6) is 5.75 Å². The zero-order valence-corrected chi connectivity index (χ0v) is 9.82. The molecule has 1 aromatic carbocycles. The number of phenolic OH excluding ortho intramolecular Hbond substituents is 1. The molecule has 0 atom stereocenters. The minimum Gasteiger partial charge on any atom is -0.507 e. The predicted octanol–water partition coefficient (Wildman–Crippen LogP) is 0.994. The molecule has 0 aliphatic carbocycles. The van der Waals surface area contributed by atoms with Crippen molar-refractivity contribution in [3.8, 4) is 5.75 Å². The molecular weight excluding hydrogens is 222 g/mol. The maximum Gasteiger partial charge on any atom is 0.342 e. The number of phenols is 1. The molecule has 2 N–H and O–H groups in total. The Bertz CT molecular complexity index is 429. The van der Waals surface area contributed by atoms with Crippen molar-refractivity contribution in [2.24, 2.45) is 0 Å². The van der Waals surface area contributed by atoms with Crippen LogP contribution in [0, 0.1) is 6.92 Å². The van der Waals surface area contributed by atoms with E-state index < -0.39 is 5.97 Å². The van der Waals surface area contributed by atoms with E-state index in [1.165, 1.54) is 12.1 Å². The normalized spacial score (nSPS) is 9.76. The Kier molecular flexibility index (Phi) is 4.51. The Morgan fingerprint density at radius 3 is 2.71 bits per heavy atom. The van der Waals surface area contributed by atoms with Crippen LogP contribution >= 0.6 is 0 Å². The van der Waals surface area contributed by atoms with Gasteiger partial charge in [0.25, 0.3) is 5.91 Å². The average Bonchev–Trinajstić information content (AvgIpc) is 2.26. The molecule has 0 aliphatic rings. The number of likely N-dealkylation sites (N-methyl/N-ethyl adjacent to an activating group) is 1. The summed E-state index contributed by atoms with van der Waals surface area (Å²) >= 11 is 0. The molecule has 0 bridgehead atoms. The lowest BCUT2D eigenvalue weighted by atomic mass is 10.1. The molecule has 0 aromatic heterocycles. The van der Waals surface area contributed by atoms with Gasteiger partial charge in [-0.3, -0.25) is 4.79 Å². The Hall–Kier alpha value is -2.04. The molecule has 0 heterocycles. The molecule has 5 heteroatoms. The maximum atomic E-state index is 11.5. The number of esters is 1. The fourth-order valence-electron chi connectivity index (χ4n) is 1.27. The number of rotatable bonds is 4. The second kappa shape index (κ2) is 5.89. The highest BCUT2D eigenvalue weighted by molar-refractivity contribution is 5.93. The lowest BCUT2D eigenvalue weighted by Crippen LogP contribution is -2.28. The van der Waals surface area contributed by atoms with Gasteiger partial charge in [0.1, 0.15) is 11.3 Å². The third-order valence-electron chi connectivity index (χ3n) is 2.08. The molecule has 0 saturated heterocycles. The first-order valence-electron chi connectivity index (χ1n) is 5.28. The standard InChI is InChI=1S/C12H15NO4/c1-3-13-11(15)7-17-12(16)9-5-4-8(2)6-10(9)14/h4-6,14H,3,7H2,1-2H3,(H,13,15). The van der Waals surface area contributed by atoms with Crippen LogP contribution in [0.1, 0.15) is 22.8 Å². The van der Waals surface area contributed by atoms with Crippen LogP contribution in [0.4, 0.5) is 0 Å². The van der Waals surface area contributed by atoms with Gasteiger partial charge in [-0.1, -0.05) is 6.07 Å². The topological polar surface area (TPSA) is 75.6 Å². The van der Waals surface area contributed by atoms with Gasteiger partial charge >= 0.3 is 5.97 Å². The van der Waals surface area contributed by atoms with Gasteiger partial charge in [-0.15, -0.1) is 0 Å². The number of carbonyl (C=O) groups is 2. The Labute approximate surface area is 99.4 Å². The minimum absolute atomic E-state index is 0.0555. The van der Waals surface area contributed by atoms with Crippen LogP contribution < -0.4 is 5.32 Å². The molecular formula is C12H15NO4. The fraction of sp³-hybridized carbons (Fsp3) is 0.333. The van der Waals surface area contributed by atoms with Gasteiger partial charge in [0, 0.05) is 6.54 Å². The van der Waals surface area contributed by atoms with Crippen molar-refractivity contribution >= 4 is 11.9 Å². The van der Waals surface area contributed by atoms with Crippen molar-refractivity contribution in [2.75, 3.05) is 13.2 Å². The summed E-state index contributed by atoms with van der Waals surface area (Å²) in [6.45, 7) is 3.70. The quantitative estimate of drug-likeness (QED) is 0.766. The van der Waals surface area contributed by atoms with Crippen LogP contribution in [0.15, 0.2) is 18.2 Å². The van der Waals surface area contributed by atoms with Crippen molar-refractivity contribution in [1.82, 2.24) is 5.32 Å². The molecule has 5 nitrogen and oxygen atoms in total. The lowest BCUT2D eigenvalue weighted by molar-refractivity contribution is -0.124. The number of hydrogen-bond donors (Lipinski definition) is 2. The zero-order chi connectivity index (χ0) is 12.8. The minimum atomic E-state index is -0.714. The van der Waals surface area contributed by atoms with E-state index in [1.54, 1.807) is 19.9 Å². The number of hydrogen-bond acceptors (Lipinski definition) is 4. The van der Waals surface area contributed by atoms with Crippen LogP contribution in [0.2, 0.25) is 0 Å². The summed E-state index contributed by atoms with van der Waals surface area (Å²) < 4.78 is 4.75. The summed E-state index contributed by atoms with van der Waals surface area (Å²) in [4.78, 5) is 22.6. The van der Waals surface area contributed by atoms with Crippen molar-refractivity contribution in [3.05, 3.63) is 29.3 Å². The molecule has 0 radical (unpaired) electrons. The van der Waals surface area contributed by atoms with E-state index in [4.69, 9.17) is 4.74 Å². The van der Waals surface area contributed by atoms with Gasteiger partial charge < -0.3 is 15.2 Å². The van der Waals surface area contributed by atoms with Gasteiger partial charge in [0.15, 0.2) is 6.61 Å². The number of nitrogens with one attached hydrogen (secondary N) is 1. The smallest absolute Gasteiger partial charge is 0.342 e. The number of benzene rings is 1. The van der Waals surface area contributed by atoms with E-state index in [0.29, 0.717) is 6.54 Å². The van der Waals surface area contributed by atoms with Crippen molar-refractivity contribution < 1.29 is 19.4 Å². The van der Waals surface area contributed by atoms with Gasteiger partial charge in [-0.2, -0.15) is 0 Å². The van der Waals surface area contributed by atoms with Gasteiger partial charge in [0.05, 0.1) is 0 Å². The highest BCUT2D eigenvalue weighted by atomic mass is 16.5. The summed E-state index contributed by atoms with van der Waals surface area (Å²) in [5, 5.41) is 12.0. The summed E-state index contributed by atoms with van der Waals surface area (Å²) in [5.41, 5.74) is 0.891. The predicted molar refractivity (Wildman–Crippen MR) is 61.8 cm³/mol. The molecule has 0 spiro atoms. The van der Waals surface area contributed by atoms with Crippen LogP contribution in [-0.2, 0) is 9.53 Å². The number of ether oxygens (including phenoxy) is 1. The van der Waals surface area contributed by atoms with E-state index in [2.05, 4.69) is 5.32 Å². The second-order valence-electron chi connectivity index (χ2n) is 3.55. The SMILES string of the molecule is CCNC(=O)COC(=O)c1ccc(C)cc1O. The zero-order valence-electron chi connectivity index (χ0n) is 9.82. The maximum absolute atomic E-state index is 11.5. The molecule has 92 valence electrons. The van der Waals surface area contributed by atoms with E-state index >= 15 is 0 Å². The highest BCUT2D eigenvalue weighted by Crippen LogP contribution is 2.19. The number of aryl methyl sites for hydroxylation is 1. The average molecular weight is 237 g/mol. The molecule has 17 heavy (non-hydrogen) atoms. The van der Waals surface area contributed by atoms with Crippen LogP contribution in [-0.4, -0.2) is 30.1 Å². The van der Waals surface area contributed by atoms with Crippen molar-refractivity contribution in [3.63, 3.8) is 0 Å². The number of aromatic hydroxyl groups is 1. The molecule has 0 aliphatic heterocycles. The lowest BCUT2D eigenvalue weighted by Gasteiger charge is -2.06. The summed E-state index contributed by atoms with van der Waals surface area (Å²) in [6, 6.07) is 4.61. The fourth-order valence-corrected chi connectivity index (χ4v) is 1.27. The molecule has 0 saturated carbocycles. The molecule has 1 rings (SSSR count). The Morgan fingerprint density at radius 2 is 2.12 bits per heavy atom. The third-order valence-corrected chi connectivity index (χ3v) is 2.08. The van der Waals surface area contributed by atoms with Gasteiger partial charge in [0.2, 0.25) is 0 Å². The highest BCUT2D eigenvalue weighted by Gasteiger charge is 2.13. The summed E-state index contributed by atoms with van der Waals surface area (Å²) in [7, 11) is 0. The van der Waals surface area contributed by atoms with Gasteiger partial charge in [-0.05, 0) is 31.5 Å². The first-order valence-corrected chi connectivity index (χ1v) is 5.28. The van der Waals surface area contributed by atoms with Gasteiger partial charge in [-0.25, -0.2) is 4.79 Å². The number of amides is 1. The Morgan fingerprint density at radius 1 is 1.41 bits per heavy atom. The van der Waals surface area contributed by atoms with Crippen LogP contribution in [0.3, 0.4) is 0 Å². The Balaban J connectivity index is 2.61. The van der Waals surface area contributed by atoms with Crippen molar-refractivity contribution in [1.29, 1.82) is 0 Å². The summed E-state index contributed by atoms with van der Waals surface area (Å²) in [6.07, 6.45) is 0. The van der Waals surface area contributed by atoms with E-state index in [1.807, 2.05) is 0 Å². The number of carbonyl (C=O) groups excluding carboxylic acids is 2. The molecule has 1 aromatic rings. The summed E-state index contributed by atoms with van der Waals surface area (Å²) in [5.74, 6) is -1.23. The second-order valence-corrected chi connectivity index (χ2v) is 3.55. The molecule has 0 fully saturated rings.